The van der Waals surface area contributed by atoms with Crippen LogP contribution in [0.25, 0.3) is 0 Å². The fourth-order valence-electron chi connectivity index (χ4n) is 2.92. The highest BCUT2D eigenvalue weighted by Gasteiger charge is 2.27. The van der Waals surface area contributed by atoms with Crippen LogP contribution < -0.4 is 10.6 Å². The molecule has 0 aromatic carbocycles. The van der Waals surface area contributed by atoms with Gasteiger partial charge in [0.1, 0.15) is 0 Å². The number of hydrogen-bond acceptors (Lipinski definition) is 3. The molecule has 2 saturated heterocycles. The van der Waals surface area contributed by atoms with Gasteiger partial charge in [0.15, 0.2) is 0 Å². The third-order valence-electron chi connectivity index (χ3n) is 4.54. The zero-order chi connectivity index (χ0) is 13.6. The molecule has 2 aliphatic rings. The van der Waals surface area contributed by atoms with Gasteiger partial charge in [-0.05, 0) is 44.1 Å². The molecule has 1 unspecified atom stereocenters. The normalized spacial score (nSPS) is 26.9. The van der Waals surface area contributed by atoms with Crippen molar-refractivity contribution in [3.05, 3.63) is 0 Å². The zero-order valence-corrected chi connectivity index (χ0v) is 12.2. The lowest BCUT2D eigenvalue weighted by atomic mass is 9.82. The maximum absolute atomic E-state index is 11.9. The number of piperidine rings is 1. The van der Waals surface area contributed by atoms with Crippen molar-refractivity contribution in [3.63, 3.8) is 0 Å². The Morgan fingerprint density at radius 3 is 2.84 bits per heavy atom. The van der Waals surface area contributed by atoms with E-state index in [1.165, 1.54) is 19.3 Å². The second kappa shape index (κ2) is 7.25. The lowest BCUT2D eigenvalue weighted by Crippen LogP contribution is -2.40. The maximum atomic E-state index is 11.9. The summed E-state index contributed by atoms with van der Waals surface area (Å²) in [7, 11) is 0. The summed E-state index contributed by atoms with van der Waals surface area (Å²) in [6, 6.07) is 0.554. The van der Waals surface area contributed by atoms with Crippen molar-refractivity contribution in [1.82, 2.24) is 10.6 Å². The molecule has 110 valence electrons. The predicted octanol–water partition coefficient (Wildman–Crippen LogP) is 1.84. The molecular formula is C15H28N2O2. The van der Waals surface area contributed by atoms with Crippen LogP contribution in [0.5, 0.6) is 0 Å². The van der Waals surface area contributed by atoms with E-state index in [4.69, 9.17) is 4.74 Å². The van der Waals surface area contributed by atoms with Crippen LogP contribution in [0.2, 0.25) is 0 Å². The van der Waals surface area contributed by atoms with E-state index in [9.17, 15) is 4.79 Å². The van der Waals surface area contributed by atoms with Gasteiger partial charge in [0.25, 0.3) is 0 Å². The van der Waals surface area contributed by atoms with Crippen LogP contribution in [0.15, 0.2) is 0 Å². The molecule has 1 atom stereocenters. The molecule has 2 N–H and O–H groups in total. The van der Waals surface area contributed by atoms with Crippen LogP contribution >= 0.6 is 0 Å². The fourth-order valence-corrected chi connectivity index (χ4v) is 2.92. The second-order valence-corrected chi connectivity index (χ2v) is 6.39. The van der Waals surface area contributed by atoms with Gasteiger partial charge in [0.2, 0.25) is 5.91 Å². The topological polar surface area (TPSA) is 50.4 Å². The number of amides is 1. The number of carbonyl (C=O) groups is 1. The number of carbonyl (C=O) groups excluding carboxylic acids is 1. The molecule has 0 bridgehead atoms. The zero-order valence-electron chi connectivity index (χ0n) is 12.2. The molecule has 2 aliphatic heterocycles. The first-order valence-electron chi connectivity index (χ1n) is 7.76. The van der Waals surface area contributed by atoms with Gasteiger partial charge < -0.3 is 15.4 Å². The molecule has 0 spiro atoms. The molecule has 19 heavy (non-hydrogen) atoms. The summed E-state index contributed by atoms with van der Waals surface area (Å²) in [6.45, 7) is 5.83. The van der Waals surface area contributed by atoms with Crippen molar-refractivity contribution in [1.29, 1.82) is 0 Å². The van der Waals surface area contributed by atoms with Crippen molar-refractivity contribution in [3.8, 4) is 0 Å². The first kappa shape index (κ1) is 14.8. The minimum Gasteiger partial charge on any atom is -0.381 e. The van der Waals surface area contributed by atoms with Crippen molar-refractivity contribution in [2.75, 3.05) is 26.3 Å². The Morgan fingerprint density at radius 2 is 2.16 bits per heavy atom. The SMILES string of the molecule is CC1(CNC(=O)CCC2CCCCN2)CCOCC1. The van der Waals surface area contributed by atoms with Crippen LogP contribution in [-0.4, -0.2) is 38.3 Å². The summed E-state index contributed by atoms with van der Waals surface area (Å²) in [5.41, 5.74) is 0.233. The average molecular weight is 268 g/mol. The van der Waals surface area contributed by atoms with Crippen molar-refractivity contribution in [2.45, 2.75) is 57.9 Å². The fraction of sp³-hybridized carbons (Fsp3) is 0.933. The summed E-state index contributed by atoms with van der Waals surface area (Å²) in [6.07, 6.45) is 7.55. The Balaban J connectivity index is 1.61. The van der Waals surface area contributed by atoms with Crippen LogP contribution in [0.3, 0.4) is 0 Å². The molecular weight excluding hydrogens is 240 g/mol. The maximum Gasteiger partial charge on any atom is 0.220 e. The van der Waals surface area contributed by atoms with Gasteiger partial charge in [-0.2, -0.15) is 0 Å². The van der Waals surface area contributed by atoms with Gasteiger partial charge in [0.05, 0.1) is 0 Å². The Morgan fingerprint density at radius 1 is 1.37 bits per heavy atom. The Labute approximate surface area is 116 Å². The molecule has 2 rings (SSSR count). The molecule has 0 aliphatic carbocycles. The Bertz CT molecular complexity index is 282. The molecule has 2 heterocycles. The van der Waals surface area contributed by atoms with Gasteiger partial charge in [-0.1, -0.05) is 13.3 Å². The van der Waals surface area contributed by atoms with E-state index in [-0.39, 0.29) is 11.3 Å². The van der Waals surface area contributed by atoms with E-state index in [2.05, 4.69) is 17.6 Å². The summed E-state index contributed by atoms with van der Waals surface area (Å²) in [5, 5.41) is 6.60. The molecule has 4 heteroatoms. The molecule has 4 nitrogen and oxygen atoms in total. The van der Waals surface area contributed by atoms with Crippen molar-refractivity contribution < 1.29 is 9.53 Å². The standard InChI is InChI=1S/C15H28N2O2/c1-15(7-10-19-11-8-15)12-17-14(18)6-5-13-4-2-3-9-16-13/h13,16H,2-12H2,1H3,(H,17,18). The summed E-state index contributed by atoms with van der Waals surface area (Å²) >= 11 is 0. The Kier molecular flexibility index (Phi) is 5.64. The molecule has 2 fully saturated rings. The molecule has 0 radical (unpaired) electrons. The Hall–Kier alpha value is -0.610. The molecule has 0 aromatic rings. The summed E-state index contributed by atoms with van der Waals surface area (Å²) in [4.78, 5) is 11.9. The first-order chi connectivity index (χ1) is 9.18. The second-order valence-electron chi connectivity index (χ2n) is 6.39. The third-order valence-corrected chi connectivity index (χ3v) is 4.54. The quantitative estimate of drug-likeness (QED) is 0.800. The van der Waals surface area contributed by atoms with Crippen LogP contribution in [0, 0.1) is 5.41 Å². The van der Waals surface area contributed by atoms with Gasteiger partial charge in [-0.3, -0.25) is 4.79 Å². The number of rotatable bonds is 5. The lowest BCUT2D eigenvalue weighted by molar-refractivity contribution is -0.122. The van der Waals surface area contributed by atoms with Gasteiger partial charge >= 0.3 is 0 Å². The molecule has 1 amide bonds. The van der Waals surface area contributed by atoms with Gasteiger partial charge in [-0.25, -0.2) is 0 Å². The van der Waals surface area contributed by atoms with Crippen LogP contribution in [-0.2, 0) is 9.53 Å². The highest BCUT2D eigenvalue weighted by molar-refractivity contribution is 5.75. The first-order valence-corrected chi connectivity index (χ1v) is 7.76. The number of hydrogen-bond donors (Lipinski definition) is 2. The van der Waals surface area contributed by atoms with Gasteiger partial charge in [0, 0.05) is 32.2 Å². The minimum absolute atomic E-state index is 0.208. The predicted molar refractivity (Wildman–Crippen MR) is 76.0 cm³/mol. The highest BCUT2D eigenvalue weighted by Crippen LogP contribution is 2.28. The lowest BCUT2D eigenvalue weighted by Gasteiger charge is -2.33. The van der Waals surface area contributed by atoms with E-state index in [1.54, 1.807) is 0 Å². The number of nitrogens with one attached hydrogen (secondary N) is 2. The largest absolute Gasteiger partial charge is 0.381 e. The van der Waals surface area contributed by atoms with E-state index in [1.807, 2.05) is 0 Å². The highest BCUT2D eigenvalue weighted by atomic mass is 16.5. The smallest absolute Gasteiger partial charge is 0.220 e. The van der Waals surface area contributed by atoms with Crippen LogP contribution in [0.1, 0.15) is 51.9 Å². The number of ether oxygens (including phenoxy) is 1. The average Bonchev–Trinajstić information content (AvgIpc) is 2.45. The summed E-state index contributed by atoms with van der Waals surface area (Å²) in [5.74, 6) is 0.208. The van der Waals surface area contributed by atoms with Crippen molar-refractivity contribution >= 4 is 5.91 Å². The monoisotopic (exact) mass is 268 g/mol. The summed E-state index contributed by atoms with van der Waals surface area (Å²) < 4.78 is 5.38. The van der Waals surface area contributed by atoms with Crippen molar-refractivity contribution in [2.24, 2.45) is 5.41 Å². The van der Waals surface area contributed by atoms with E-state index in [0.717, 1.165) is 45.6 Å². The van der Waals surface area contributed by atoms with E-state index >= 15 is 0 Å². The third kappa shape index (κ3) is 5.11. The van der Waals surface area contributed by atoms with E-state index < -0.39 is 0 Å². The van der Waals surface area contributed by atoms with E-state index in [0.29, 0.717) is 12.5 Å². The molecule has 0 saturated carbocycles. The van der Waals surface area contributed by atoms with Gasteiger partial charge in [-0.15, -0.1) is 0 Å². The minimum atomic E-state index is 0.208. The van der Waals surface area contributed by atoms with Crippen LogP contribution in [0.4, 0.5) is 0 Å². The molecule has 0 aromatic heterocycles.